The molecule has 1 aromatic heterocycles. The number of nitrogens with zero attached hydrogens (tertiary/aromatic N) is 4. The van der Waals surface area contributed by atoms with Gasteiger partial charge in [-0.1, -0.05) is 0 Å². The number of halogens is 1. The van der Waals surface area contributed by atoms with Crippen LogP contribution in [0.1, 0.15) is 26.2 Å². The molecule has 2 aliphatic rings. The molecule has 0 saturated carbocycles. The van der Waals surface area contributed by atoms with Gasteiger partial charge in [0.25, 0.3) is 0 Å². The van der Waals surface area contributed by atoms with Gasteiger partial charge in [-0.05, 0) is 32.4 Å². The van der Waals surface area contributed by atoms with Crippen LogP contribution in [0.3, 0.4) is 0 Å². The number of nitrogens with two attached hydrogens (primary N) is 1. The minimum Gasteiger partial charge on any atom is -0.493 e. The van der Waals surface area contributed by atoms with E-state index < -0.39 is 5.82 Å². The van der Waals surface area contributed by atoms with E-state index in [4.69, 9.17) is 15.2 Å². The Kier molecular flexibility index (Phi) is 5.99. The molecule has 9 nitrogen and oxygen atoms in total. The predicted octanol–water partition coefficient (Wildman–Crippen LogP) is 1.55. The zero-order chi connectivity index (χ0) is 22.1. The van der Waals surface area contributed by atoms with Crippen molar-refractivity contribution in [1.29, 1.82) is 0 Å². The molecule has 0 radical (unpaired) electrons. The number of carbonyl (C=O) groups excluding carboxylic acids is 1. The van der Waals surface area contributed by atoms with Crippen LogP contribution in [-0.4, -0.2) is 73.3 Å². The summed E-state index contributed by atoms with van der Waals surface area (Å²) in [6.07, 6.45) is 2.69. The fourth-order valence-corrected chi connectivity index (χ4v) is 4.42. The summed E-state index contributed by atoms with van der Waals surface area (Å²) in [4.78, 5) is 25.4. The smallest absolute Gasteiger partial charge is 0.228 e. The van der Waals surface area contributed by atoms with E-state index in [1.54, 1.807) is 6.07 Å². The number of amides is 1. The van der Waals surface area contributed by atoms with Crippen molar-refractivity contribution < 1.29 is 18.7 Å². The van der Waals surface area contributed by atoms with E-state index in [2.05, 4.69) is 15.3 Å². The Morgan fingerprint density at radius 2 is 2.13 bits per heavy atom. The van der Waals surface area contributed by atoms with Crippen molar-refractivity contribution in [3.8, 4) is 11.5 Å². The average molecular weight is 433 g/mol. The lowest BCUT2D eigenvalue weighted by atomic mass is 10.1. The molecule has 3 N–H and O–H groups in total. The molecule has 2 atom stereocenters. The van der Waals surface area contributed by atoms with Crippen molar-refractivity contribution in [1.82, 2.24) is 20.2 Å². The first kappa shape index (κ1) is 21.4. The highest BCUT2D eigenvalue weighted by Crippen LogP contribution is 2.37. The Morgan fingerprint density at radius 1 is 1.32 bits per heavy atom. The summed E-state index contributed by atoms with van der Waals surface area (Å²) >= 11 is 0. The molecule has 1 aromatic carbocycles. The molecule has 168 valence electrons. The van der Waals surface area contributed by atoms with E-state index in [0.29, 0.717) is 37.4 Å². The number of fused-ring (bicyclic) bond motifs is 1. The molecule has 31 heavy (non-hydrogen) atoms. The van der Waals surface area contributed by atoms with Crippen molar-refractivity contribution >= 4 is 28.6 Å². The van der Waals surface area contributed by atoms with Crippen LogP contribution in [0.15, 0.2) is 6.07 Å². The van der Waals surface area contributed by atoms with Gasteiger partial charge in [-0.3, -0.25) is 4.79 Å². The van der Waals surface area contributed by atoms with Gasteiger partial charge >= 0.3 is 0 Å². The number of anilines is 2. The van der Waals surface area contributed by atoms with Crippen molar-refractivity contribution in [2.75, 3.05) is 51.0 Å². The van der Waals surface area contributed by atoms with Gasteiger partial charge in [0.15, 0.2) is 17.3 Å². The Balaban J connectivity index is 1.56. The van der Waals surface area contributed by atoms with Crippen LogP contribution < -0.4 is 25.4 Å². The number of nitrogens with one attached hydrogen (secondary N) is 1. The van der Waals surface area contributed by atoms with Gasteiger partial charge in [0.1, 0.15) is 11.3 Å². The number of nitrogen functional groups attached to an aromatic ring is 1. The SMILES string of the molecule is COc1cc2c(N)nc(N3CCN(C(=O)CC4CCCN4)CC3C)nc2c(F)c1OC. The summed E-state index contributed by atoms with van der Waals surface area (Å²) in [5.74, 6) is 0.229. The fourth-order valence-electron chi connectivity index (χ4n) is 4.42. The average Bonchev–Trinajstić information content (AvgIpc) is 3.26. The highest BCUT2D eigenvalue weighted by atomic mass is 19.1. The Bertz CT molecular complexity index is 981. The van der Waals surface area contributed by atoms with E-state index in [1.807, 2.05) is 16.7 Å². The van der Waals surface area contributed by atoms with Gasteiger partial charge in [-0.25, -0.2) is 9.37 Å². The summed E-state index contributed by atoms with van der Waals surface area (Å²) in [6.45, 7) is 4.65. The molecule has 2 aromatic rings. The zero-order valence-corrected chi connectivity index (χ0v) is 18.2. The second-order valence-electron chi connectivity index (χ2n) is 8.11. The zero-order valence-electron chi connectivity index (χ0n) is 18.2. The summed E-state index contributed by atoms with van der Waals surface area (Å²) in [7, 11) is 2.80. The van der Waals surface area contributed by atoms with Crippen LogP contribution in [0.4, 0.5) is 16.2 Å². The standard InChI is InChI=1S/C21H29FN6O3/c1-12-11-27(16(29)9-13-5-4-6-24-13)7-8-28(12)21-25-18-14(20(23)26-21)10-15(30-2)19(31-3)17(18)22/h10,12-13,24H,4-9,11H2,1-3H3,(H2,23,25,26). The van der Waals surface area contributed by atoms with Crippen molar-refractivity contribution in [2.45, 2.75) is 38.3 Å². The molecule has 2 fully saturated rings. The third-order valence-corrected chi connectivity index (χ3v) is 6.11. The third-order valence-electron chi connectivity index (χ3n) is 6.11. The summed E-state index contributed by atoms with van der Waals surface area (Å²) in [5, 5.41) is 3.74. The normalized spacial score (nSPS) is 21.5. The molecule has 3 heterocycles. The Morgan fingerprint density at radius 3 is 2.77 bits per heavy atom. The maximum atomic E-state index is 15.1. The lowest BCUT2D eigenvalue weighted by Crippen LogP contribution is -2.54. The van der Waals surface area contributed by atoms with E-state index in [1.165, 1.54) is 14.2 Å². The number of rotatable bonds is 5. The number of aromatic nitrogens is 2. The molecule has 0 spiro atoms. The number of carbonyl (C=O) groups is 1. The van der Waals surface area contributed by atoms with Gasteiger partial charge in [0.05, 0.1) is 14.2 Å². The summed E-state index contributed by atoms with van der Waals surface area (Å²) < 4.78 is 25.4. The molecule has 2 saturated heterocycles. The number of hydrogen-bond donors (Lipinski definition) is 2. The number of methoxy groups -OCH3 is 2. The highest BCUT2D eigenvalue weighted by molar-refractivity contribution is 5.92. The second kappa shape index (κ2) is 8.70. The van der Waals surface area contributed by atoms with E-state index in [0.717, 1.165) is 19.4 Å². The quantitative estimate of drug-likeness (QED) is 0.733. The number of piperazine rings is 1. The van der Waals surface area contributed by atoms with Crippen LogP contribution in [0.5, 0.6) is 11.5 Å². The van der Waals surface area contributed by atoms with Crippen LogP contribution in [0.2, 0.25) is 0 Å². The first-order valence-corrected chi connectivity index (χ1v) is 10.6. The second-order valence-corrected chi connectivity index (χ2v) is 8.11. The van der Waals surface area contributed by atoms with Gasteiger partial charge in [-0.2, -0.15) is 4.98 Å². The number of hydrogen-bond acceptors (Lipinski definition) is 8. The van der Waals surface area contributed by atoms with Crippen molar-refractivity contribution in [3.63, 3.8) is 0 Å². The minimum absolute atomic E-state index is 0.0250. The van der Waals surface area contributed by atoms with Crippen molar-refractivity contribution in [2.24, 2.45) is 0 Å². The van der Waals surface area contributed by atoms with Crippen LogP contribution >= 0.6 is 0 Å². The molecule has 2 aliphatic heterocycles. The Labute approximate surface area is 180 Å². The van der Waals surface area contributed by atoms with Gasteiger partial charge in [-0.15, -0.1) is 0 Å². The maximum Gasteiger partial charge on any atom is 0.228 e. The largest absolute Gasteiger partial charge is 0.493 e. The van der Waals surface area contributed by atoms with Crippen molar-refractivity contribution in [3.05, 3.63) is 11.9 Å². The molecule has 1 amide bonds. The van der Waals surface area contributed by atoms with Gasteiger partial charge in [0, 0.05) is 43.5 Å². The summed E-state index contributed by atoms with van der Waals surface area (Å²) in [5.41, 5.74) is 6.23. The van der Waals surface area contributed by atoms with Gasteiger partial charge < -0.3 is 30.3 Å². The van der Waals surface area contributed by atoms with Crippen LogP contribution in [0, 0.1) is 5.82 Å². The molecule has 2 unspecified atom stereocenters. The first-order chi connectivity index (χ1) is 14.9. The lowest BCUT2D eigenvalue weighted by molar-refractivity contribution is -0.132. The van der Waals surface area contributed by atoms with Crippen LogP contribution in [-0.2, 0) is 4.79 Å². The van der Waals surface area contributed by atoms with Gasteiger partial charge in [0.2, 0.25) is 11.9 Å². The van der Waals surface area contributed by atoms with E-state index in [9.17, 15) is 4.79 Å². The minimum atomic E-state index is -0.641. The third kappa shape index (κ3) is 4.04. The van der Waals surface area contributed by atoms with E-state index >= 15 is 4.39 Å². The molecule has 10 heteroatoms. The molecule has 0 aliphatic carbocycles. The fraction of sp³-hybridized carbons (Fsp3) is 0.571. The molecular formula is C21H29FN6O3. The molecule has 4 rings (SSSR count). The van der Waals surface area contributed by atoms with Crippen LogP contribution in [0.25, 0.3) is 10.9 Å². The van der Waals surface area contributed by atoms with E-state index in [-0.39, 0.29) is 40.8 Å². The predicted molar refractivity (Wildman–Crippen MR) is 116 cm³/mol. The molecular weight excluding hydrogens is 403 g/mol. The highest BCUT2D eigenvalue weighted by Gasteiger charge is 2.31. The Hall–Kier alpha value is -2.88. The topological polar surface area (TPSA) is 106 Å². The first-order valence-electron chi connectivity index (χ1n) is 10.6. The number of benzene rings is 1. The lowest BCUT2D eigenvalue weighted by Gasteiger charge is -2.40. The number of ether oxygens (including phenoxy) is 2. The molecule has 0 bridgehead atoms. The monoisotopic (exact) mass is 432 g/mol. The maximum absolute atomic E-state index is 15.1. The summed E-state index contributed by atoms with van der Waals surface area (Å²) in [6, 6.07) is 1.82.